The summed E-state index contributed by atoms with van der Waals surface area (Å²) in [6.45, 7) is 5.40. The molecule has 1 aromatic heterocycles. The Morgan fingerprint density at radius 1 is 0.897 bits per heavy atom. The van der Waals surface area contributed by atoms with Crippen LogP contribution < -0.4 is 4.90 Å². The van der Waals surface area contributed by atoms with E-state index in [0.717, 1.165) is 62.4 Å². The largest absolute Gasteiger partial charge is 0.338 e. The smallest absolute Gasteiger partial charge is 0.233 e. The van der Waals surface area contributed by atoms with Gasteiger partial charge in [-0.3, -0.25) is 19.4 Å². The van der Waals surface area contributed by atoms with Crippen molar-refractivity contribution < 1.29 is 9.59 Å². The van der Waals surface area contributed by atoms with E-state index < -0.39 is 0 Å². The first-order valence-corrected chi connectivity index (χ1v) is 11.4. The minimum atomic E-state index is -0.0635. The first kappa shape index (κ1) is 19.2. The quantitative estimate of drug-likeness (QED) is 0.367. The fourth-order valence-corrected chi connectivity index (χ4v) is 5.63. The number of carbonyl (C=O) groups excluding carboxylic acids is 2. The first-order chi connectivity index (χ1) is 14.1. The minimum Gasteiger partial charge on any atom is -0.338 e. The predicted molar refractivity (Wildman–Crippen MR) is 112 cm³/mol. The van der Waals surface area contributed by atoms with Gasteiger partial charge < -0.3 is 4.90 Å². The van der Waals surface area contributed by atoms with E-state index in [1.165, 1.54) is 0 Å². The number of fused-ring (bicyclic) bond motifs is 5. The molecule has 2 bridgehead atoms. The van der Waals surface area contributed by atoms with Crippen LogP contribution in [0.25, 0.3) is 0 Å². The van der Waals surface area contributed by atoms with Gasteiger partial charge in [0.05, 0.1) is 16.3 Å². The number of halogens is 1. The predicted octanol–water partition coefficient (Wildman–Crippen LogP) is 1.95. The van der Waals surface area contributed by atoms with Gasteiger partial charge in [0.15, 0.2) is 0 Å². The Morgan fingerprint density at radius 2 is 1.48 bits per heavy atom. The zero-order valence-electron chi connectivity index (χ0n) is 16.4. The minimum absolute atomic E-state index is 0.0635. The Kier molecular flexibility index (Phi) is 5.16. The van der Waals surface area contributed by atoms with Crippen molar-refractivity contribution >= 4 is 33.7 Å². The van der Waals surface area contributed by atoms with E-state index in [0.29, 0.717) is 18.4 Å². The topological polar surface area (TPSA) is 69.6 Å². The van der Waals surface area contributed by atoms with Crippen LogP contribution in [0.1, 0.15) is 19.3 Å². The monoisotopic (exact) mass is 459 g/mol. The fourth-order valence-electron chi connectivity index (χ4n) is 5.43. The number of rotatable bonds is 6. The fraction of sp³-hybridized carbons (Fsp3) is 0.619. The number of carbonyl (C=O) groups is 2. The molecule has 3 heterocycles. The lowest BCUT2D eigenvalue weighted by Crippen LogP contribution is -2.47. The maximum Gasteiger partial charge on any atom is 0.233 e. The highest BCUT2D eigenvalue weighted by molar-refractivity contribution is 9.10. The summed E-state index contributed by atoms with van der Waals surface area (Å²) in [4.78, 5) is 40.4. The summed E-state index contributed by atoms with van der Waals surface area (Å²) in [5, 5.41) is 0. The highest BCUT2D eigenvalue weighted by Crippen LogP contribution is 2.52. The number of unbranched alkanes of at least 4 members (excludes halogenated alkanes) is 1. The Labute approximate surface area is 179 Å². The van der Waals surface area contributed by atoms with Crippen molar-refractivity contribution in [3.63, 3.8) is 0 Å². The van der Waals surface area contributed by atoms with E-state index in [4.69, 9.17) is 0 Å². The van der Waals surface area contributed by atoms with Crippen molar-refractivity contribution in [2.24, 2.45) is 23.7 Å². The van der Waals surface area contributed by atoms with Gasteiger partial charge in [-0.2, -0.15) is 0 Å². The lowest BCUT2D eigenvalue weighted by atomic mass is 9.85. The third kappa shape index (κ3) is 3.50. The molecule has 2 saturated heterocycles. The number of anilines is 1. The van der Waals surface area contributed by atoms with Crippen LogP contribution in [0, 0.1) is 23.7 Å². The van der Waals surface area contributed by atoms with Gasteiger partial charge in [0, 0.05) is 45.1 Å². The molecule has 0 radical (unpaired) electrons. The van der Waals surface area contributed by atoms with Crippen molar-refractivity contribution in [2.75, 3.05) is 44.2 Å². The van der Waals surface area contributed by atoms with Crippen LogP contribution in [0.4, 0.5) is 5.95 Å². The normalized spacial score (nSPS) is 31.2. The molecule has 4 atom stereocenters. The molecule has 0 aromatic carbocycles. The first-order valence-electron chi connectivity index (χ1n) is 10.6. The van der Waals surface area contributed by atoms with Crippen LogP contribution in [0.3, 0.4) is 0 Å². The number of allylic oxidation sites excluding steroid dienone is 2. The van der Waals surface area contributed by atoms with Gasteiger partial charge in [-0.25, -0.2) is 9.97 Å². The number of hydrogen-bond acceptors (Lipinski definition) is 6. The van der Waals surface area contributed by atoms with Gasteiger partial charge in [0.1, 0.15) is 0 Å². The second kappa shape index (κ2) is 7.80. The standard InChI is InChI=1S/C21H26BrN5O2/c22-16-12-23-21(24-13-16)26-9-7-25(8-10-26)5-1-2-6-27-19(28)17-14-3-4-15(11-14)18(17)20(27)29/h3-4,12-15,17-18H,1-2,5-11H2/t14-,15+,17-,18+. The number of piperazine rings is 1. The summed E-state index contributed by atoms with van der Waals surface area (Å²) in [5.41, 5.74) is 0. The summed E-state index contributed by atoms with van der Waals surface area (Å²) < 4.78 is 0.891. The number of aromatic nitrogens is 2. The van der Waals surface area contributed by atoms with Gasteiger partial charge in [0.25, 0.3) is 0 Å². The maximum absolute atomic E-state index is 12.7. The summed E-state index contributed by atoms with van der Waals surface area (Å²) in [6.07, 6.45) is 10.8. The van der Waals surface area contributed by atoms with Crippen molar-refractivity contribution in [3.8, 4) is 0 Å². The number of nitrogens with zero attached hydrogens (tertiary/aromatic N) is 5. The second-order valence-electron chi connectivity index (χ2n) is 8.57. The van der Waals surface area contributed by atoms with Crippen molar-refractivity contribution in [2.45, 2.75) is 19.3 Å². The molecular weight excluding hydrogens is 434 g/mol. The molecule has 8 heteroatoms. The molecule has 4 aliphatic rings. The SMILES string of the molecule is O=C1[C@@H]2[C@H](C(=O)N1CCCCN1CCN(c3ncc(Br)cn3)CC1)[C@@H]1C=C[C@H]2C1. The Hall–Kier alpha value is -1.80. The number of imide groups is 1. The number of amides is 2. The third-order valence-corrected chi connectivity index (χ3v) is 7.34. The van der Waals surface area contributed by atoms with Crippen molar-refractivity contribution in [3.05, 3.63) is 29.0 Å². The average molecular weight is 460 g/mol. The van der Waals surface area contributed by atoms with Crippen LogP contribution in [-0.2, 0) is 9.59 Å². The van der Waals surface area contributed by atoms with E-state index in [1.807, 2.05) is 0 Å². The second-order valence-corrected chi connectivity index (χ2v) is 9.48. The van der Waals surface area contributed by atoms with Crippen molar-refractivity contribution in [1.29, 1.82) is 0 Å². The van der Waals surface area contributed by atoms with Crippen molar-refractivity contribution in [1.82, 2.24) is 19.8 Å². The lowest BCUT2D eigenvalue weighted by Gasteiger charge is -2.34. The van der Waals surface area contributed by atoms with Crippen LogP contribution in [0.5, 0.6) is 0 Å². The highest BCUT2D eigenvalue weighted by Gasteiger charge is 2.58. The van der Waals surface area contributed by atoms with E-state index in [2.05, 4.69) is 47.8 Å². The Bertz CT molecular complexity index is 791. The molecule has 1 aromatic rings. The molecule has 2 aliphatic heterocycles. The van der Waals surface area contributed by atoms with Gasteiger partial charge in [-0.1, -0.05) is 12.2 Å². The average Bonchev–Trinajstić information content (AvgIpc) is 3.41. The highest BCUT2D eigenvalue weighted by atomic mass is 79.9. The third-order valence-electron chi connectivity index (χ3n) is 6.93. The summed E-state index contributed by atoms with van der Waals surface area (Å²) >= 11 is 3.37. The number of hydrogen-bond donors (Lipinski definition) is 0. The zero-order valence-corrected chi connectivity index (χ0v) is 18.0. The van der Waals surface area contributed by atoms with E-state index in [1.54, 1.807) is 17.3 Å². The molecule has 154 valence electrons. The molecular formula is C21H26BrN5O2. The lowest BCUT2D eigenvalue weighted by molar-refractivity contribution is -0.140. The van der Waals surface area contributed by atoms with Crippen LogP contribution in [-0.4, -0.2) is 70.9 Å². The molecule has 2 aliphatic carbocycles. The summed E-state index contributed by atoms with van der Waals surface area (Å²) in [5.74, 6) is 1.43. The molecule has 29 heavy (non-hydrogen) atoms. The van der Waals surface area contributed by atoms with Gasteiger partial charge in [0.2, 0.25) is 17.8 Å². The molecule has 0 spiro atoms. The van der Waals surface area contributed by atoms with E-state index in [9.17, 15) is 9.59 Å². The number of likely N-dealkylation sites (tertiary alicyclic amines) is 1. The summed E-state index contributed by atoms with van der Waals surface area (Å²) in [6, 6.07) is 0. The summed E-state index contributed by atoms with van der Waals surface area (Å²) in [7, 11) is 0. The van der Waals surface area contributed by atoms with Crippen LogP contribution in [0.15, 0.2) is 29.0 Å². The Morgan fingerprint density at radius 3 is 2.10 bits per heavy atom. The maximum atomic E-state index is 12.7. The molecule has 5 rings (SSSR count). The van der Waals surface area contributed by atoms with Gasteiger partial charge in [-0.05, 0) is 53.6 Å². The molecule has 0 N–H and O–H groups in total. The van der Waals surface area contributed by atoms with Gasteiger partial charge in [-0.15, -0.1) is 0 Å². The van der Waals surface area contributed by atoms with E-state index in [-0.39, 0.29) is 23.7 Å². The Balaban J connectivity index is 1.05. The van der Waals surface area contributed by atoms with E-state index >= 15 is 0 Å². The molecule has 7 nitrogen and oxygen atoms in total. The molecule has 3 fully saturated rings. The van der Waals surface area contributed by atoms with Crippen LogP contribution >= 0.6 is 15.9 Å². The molecule has 2 amide bonds. The molecule has 1 saturated carbocycles. The van der Waals surface area contributed by atoms with Crippen LogP contribution in [0.2, 0.25) is 0 Å². The van der Waals surface area contributed by atoms with Gasteiger partial charge >= 0.3 is 0 Å². The zero-order chi connectivity index (χ0) is 20.0. The molecule has 0 unspecified atom stereocenters.